The van der Waals surface area contributed by atoms with Crippen molar-refractivity contribution >= 4 is 19.5 Å². The average molecular weight is 927 g/mol. The normalized spacial score (nSPS) is 19.6. The van der Waals surface area contributed by atoms with Gasteiger partial charge in [-0.2, -0.15) is 0 Å². The summed E-state index contributed by atoms with van der Waals surface area (Å²) in [6, 6.07) is 0.970. The summed E-state index contributed by atoms with van der Waals surface area (Å²) in [4.78, 5) is 62.0. The predicted octanol–water partition coefficient (Wildman–Crippen LogP) is 9.21. The molecule has 0 amide bonds. The van der Waals surface area contributed by atoms with Crippen LogP contribution < -0.4 is 11.2 Å². The number of aromatic nitrogens is 2. The van der Waals surface area contributed by atoms with Crippen LogP contribution in [0.3, 0.4) is 0 Å². The molecule has 5 N–H and O–H groups in total. The molecular formula is C48H83N2O13P. The summed E-state index contributed by atoms with van der Waals surface area (Å²) in [5, 5.41) is 32.0. The molecular weight excluding hydrogens is 844 g/mol. The van der Waals surface area contributed by atoms with Gasteiger partial charge >= 0.3 is 25.2 Å². The Hall–Kier alpha value is -2.91. The minimum Gasteiger partial charge on any atom is -0.462 e. The van der Waals surface area contributed by atoms with Crippen molar-refractivity contribution in [2.24, 2.45) is 0 Å². The van der Waals surface area contributed by atoms with E-state index in [1.54, 1.807) is 0 Å². The second-order valence-corrected chi connectivity index (χ2v) is 19.1. The average Bonchev–Trinajstić information content (AvgIpc) is 3.56. The Morgan fingerprint density at radius 2 is 1.16 bits per heavy atom. The predicted molar refractivity (Wildman–Crippen MR) is 249 cm³/mol. The van der Waals surface area contributed by atoms with Gasteiger partial charge in [0, 0.05) is 25.1 Å². The minimum absolute atomic E-state index is 0.0719. The lowest BCUT2D eigenvalue weighted by atomic mass is 10.1. The van der Waals surface area contributed by atoms with Crippen molar-refractivity contribution in [3.05, 3.63) is 57.4 Å². The number of esters is 2. The maximum absolute atomic E-state index is 13.3. The number of aliphatic hydroxyl groups excluding tert-OH is 3. The number of unbranched alkanes of at least 4 members (excludes halogenated alkanes) is 22. The van der Waals surface area contributed by atoms with Crippen molar-refractivity contribution < 1.29 is 53.1 Å². The molecule has 1 fully saturated rings. The molecule has 2 heterocycles. The summed E-state index contributed by atoms with van der Waals surface area (Å²) >= 11 is 0. The summed E-state index contributed by atoms with van der Waals surface area (Å²) in [6.07, 6.45) is 30.5. The number of nitrogens with one attached hydrogen (secondary N) is 1. The summed E-state index contributed by atoms with van der Waals surface area (Å²) in [6.45, 7) is 3.24. The summed E-state index contributed by atoms with van der Waals surface area (Å²) in [7, 11) is -5.11. The van der Waals surface area contributed by atoms with E-state index in [9.17, 15) is 44.0 Å². The van der Waals surface area contributed by atoms with Crippen LogP contribution in [0.2, 0.25) is 0 Å². The van der Waals surface area contributed by atoms with Crippen LogP contribution >= 0.6 is 7.60 Å². The van der Waals surface area contributed by atoms with Crippen LogP contribution in [-0.4, -0.2) is 85.2 Å². The van der Waals surface area contributed by atoms with Gasteiger partial charge in [0.15, 0.2) is 18.2 Å². The first-order valence-corrected chi connectivity index (χ1v) is 26.2. The third-order valence-electron chi connectivity index (χ3n) is 11.5. The zero-order chi connectivity index (χ0) is 46.8. The van der Waals surface area contributed by atoms with Crippen molar-refractivity contribution in [2.45, 2.75) is 230 Å². The molecule has 1 saturated heterocycles. The molecule has 2 rings (SSSR count). The lowest BCUT2D eigenvalue weighted by molar-refractivity contribution is -0.161. The first-order valence-electron chi connectivity index (χ1n) is 24.5. The molecule has 16 heteroatoms. The van der Waals surface area contributed by atoms with E-state index in [4.69, 9.17) is 18.7 Å². The summed E-state index contributed by atoms with van der Waals surface area (Å²) in [5.41, 5.74) is -1.71. The molecule has 7 atom stereocenters. The van der Waals surface area contributed by atoms with Crippen molar-refractivity contribution in [1.82, 2.24) is 9.55 Å². The molecule has 1 aliphatic heterocycles. The van der Waals surface area contributed by atoms with Gasteiger partial charge in [0.1, 0.15) is 24.9 Å². The zero-order valence-electron chi connectivity index (χ0n) is 39.0. The van der Waals surface area contributed by atoms with Crippen LogP contribution in [0.15, 0.2) is 46.2 Å². The fourth-order valence-electron chi connectivity index (χ4n) is 7.54. The molecule has 0 bridgehead atoms. The van der Waals surface area contributed by atoms with Gasteiger partial charge in [-0.1, -0.05) is 141 Å². The van der Waals surface area contributed by atoms with Gasteiger partial charge in [0.05, 0.1) is 6.61 Å². The quantitative estimate of drug-likeness (QED) is 0.0180. The lowest BCUT2D eigenvalue weighted by Gasteiger charge is -2.26. The Bertz CT molecular complexity index is 1610. The van der Waals surface area contributed by atoms with E-state index in [2.05, 4.69) is 38.2 Å². The van der Waals surface area contributed by atoms with Crippen molar-refractivity contribution in [1.29, 1.82) is 0 Å². The number of ether oxygens (including phenoxy) is 3. The molecule has 1 aromatic rings. The maximum Gasteiger partial charge on any atom is 0.359 e. The van der Waals surface area contributed by atoms with E-state index in [0.717, 1.165) is 93.9 Å². The zero-order valence-corrected chi connectivity index (χ0v) is 39.9. The number of rotatable bonds is 39. The molecule has 0 aromatic carbocycles. The second kappa shape index (κ2) is 35.3. The highest BCUT2D eigenvalue weighted by Gasteiger charge is 2.52. The van der Waals surface area contributed by atoms with E-state index >= 15 is 0 Å². The minimum atomic E-state index is -5.11. The van der Waals surface area contributed by atoms with E-state index in [1.165, 1.54) is 77.0 Å². The molecule has 0 saturated carbocycles. The fraction of sp³-hybridized carbons (Fsp3) is 0.792. The topological polar surface area (TPSA) is 224 Å². The van der Waals surface area contributed by atoms with Crippen molar-refractivity contribution in [2.75, 3.05) is 13.2 Å². The number of hydrogen-bond acceptors (Lipinski definition) is 12. The number of H-pyrrole nitrogens is 1. The van der Waals surface area contributed by atoms with Crippen molar-refractivity contribution in [3.63, 3.8) is 0 Å². The largest absolute Gasteiger partial charge is 0.462 e. The molecule has 368 valence electrons. The first kappa shape index (κ1) is 57.2. The number of carbonyl (C=O) groups excluding carboxylic acids is 2. The number of allylic oxidation sites excluding steroid dienone is 4. The number of aromatic amines is 1. The maximum atomic E-state index is 13.3. The second-order valence-electron chi connectivity index (χ2n) is 17.2. The van der Waals surface area contributed by atoms with Gasteiger partial charge in [-0.15, -0.1) is 0 Å². The van der Waals surface area contributed by atoms with Gasteiger partial charge in [0.2, 0.25) is 0 Å². The Balaban J connectivity index is 1.82. The van der Waals surface area contributed by atoms with E-state index in [-0.39, 0.29) is 12.8 Å². The summed E-state index contributed by atoms with van der Waals surface area (Å²) in [5.74, 6) is -3.56. The highest BCUT2D eigenvalue weighted by Crippen LogP contribution is 2.51. The number of carbonyl (C=O) groups is 2. The van der Waals surface area contributed by atoms with Crippen LogP contribution in [0.25, 0.3) is 0 Å². The Labute approximate surface area is 381 Å². The van der Waals surface area contributed by atoms with Gasteiger partial charge in [-0.25, -0.2) is 4.79 Å². The van der Waals surface area contributed by atoms with Crippen LogP contribution in [-0.2, 0) is 32.9 Å². The Kier molecular flexibility index (Phi) is 31.6. The molecule has 1 aliphatic rings. The SMILES string of the molecule is CCCCCCCC/C=C\CCCCCCCC(=O)OC[C@H](COP(=O)(O)C(O)[C@H]1O[C@@H](n2ccc(=O)[nH]c2=O)[C@H](O)[C@@H]1O)OC(=O)CCCCCCC/C=C\CCCCCCCC. The van der Waals surface area contributed by atoms with Gasteiger partial charge in [-0.3, -0.25) is 28.5 Å². The molecule has 0 spiro atoms. The molecule has 2 unspecified atom stereocenters. The smallest absolute Gasteiger partial charge is 0.359 e. The first-order chi connectivity index (χ1) is 30.9. The van der Waals surface area contributed by atoms with E-state index in [0.29, 0.717) is 12.8 Å². The molecule has 0 radical (unpaired) electrons. The van der Waals surface area contributed by atoms with E-state index < -0.39 is 80.5 Å². The lowest BCUT2D eigenvalue weighted by Crippen LogP contribution is -2.40. The standard InChI is InChI=1S/C48H83N2O13P/c1-3-5-7-9-11-13-15-17-19-21-23-25-27-29-31-33-41(52)60-37-39(62-42(53)34-32-30-28-26-24-22-20-18-16-14-12-10-8-6-4-2)38-61-64(58,59)47(56)45-43(54)44(55)46(63-45)50-36-35-40(51)49-48(50)57/h17-20,35-36,39,43-47,54-56H,3-16,21-34,37-38H2,1-2H3,(H,58,59)(H,49,51,57)/b19-17-,20-18-/t39-,43+,44-,45+,46-,47?/m1/s1. The van der Waals surface area contributed by atoms with Crippen molar-refractivity contribution in [3.8, 4) is 0 Å². The molecule has 15 nitrogen and oxygen atoms in total. The van der Waals surface area contributed by atoms with Gasteiger partial charge < -0.3 is 38.9 Å². The van der Waals surface area contributed by atoms with Crippen LogP contribution in [0.1, 0.15) is 200 Å². The highest BCUT2D eigenvalue weighted by atomic mass is 31.2. The van der Waals surface area contributed by atoms with Gasteiger partial charge in [0.25, 0.3) is 5.56 Å². The van der Waals surface area contributed by atoms with Crippen LogP contribution in [0.5, 0.6) is 0 Å². The summed E-state index contributed by atoms with van der Waals surface area (Å²) < 4.78 is 35.6. The Morgan fingerprint density at radius 3 is 1.64 bits per heavy atom. The molecule has 1 aromatic heterocycles. The molecule has 64 heavy (non-hydrogen) atoms. The van der Waals surface area contributed by atoms with Crippen LogP contribution in [0.4, 0.5) is 0 Å². The number of aliphatic hydroxyl groups is 3. The third kappa shape index (κ3) is 25.1. The Morgan fingerprint density at radius 1 is 0.703 bits per heavy atom. The number of nitrogens with zero attached hydrogens (tertiary/aromatic N) is 1. The van der Waals surface area contributed by atoms with E-state index in [1.807, 2.05) is 4.98 Å². The highest BCUT2D eigenvalue weighted by molar-refractivity contribution is 7.53. The van der Waals surface area contributed by atoms with Crippen LogP contribution in [0, 0.1) is 0 Å². The van der Waals surface area contributed by atoms with Gasteiger partial charge in [-0.05, 0) is 64.2 Å². The molecule has 0 aliphatic carbocycles. The fourth-order valence-corrected chi connectivity index (χ4v) is 8.69. The third-order valence-corrected chi connectivity index (χ3v) is 13.0. The number of hydrogen-bond donors (Lipinski definition) is 5. The monoisotopic (exact) mass is 927 g/mol.